The summed E-state index contributed by atoms with van der Waals surface area (Å²) in [6, 6.07) is 0. The molecule has 23 nitrogen and oxygen atoms in total. The summed E-state index contributed by atoms with van der Waals surface area (Å²) in [6.07, 6.45) is -24.2. The van der Waals surface area contributed by atoms with Crippen LogP contribution in [0, 0.1) is 17.8 Å². The molecule has 0 aliphatic carbocycles. The number of rotatable bonds is 22. The van der Waals surface area contributed by atoms with E-state index in [0.29, 0.717) is 0 Å². The molecule has 22 unspecified atom stereocenters. The summed E-state index contributed by atoms with van der Waals surface area (Å²) >= 11 is 0. The average Bonchev–Trinajstić information content (AvgIpc) is 3.18. The molecule has 4 aliphatic heterocycles. The van der Waals surface area contributed by atoms with Crippen molar-refractivity contribution in [1.29, 1.82) is 0 Å². The quantitative estimate of drug-likeness (QED) is 0.0481. The molecule has 4 aliphatic rings. The zero-order chi connectivity index (χ0) is 43.6. The molecule has 0 radical (unpaired) electrons. The van der Waals surface area contributed by atoms with E-state index in [9.17, 15) is 66.4 Å². The third-order valence-electron chi connectivity index (χ3n) is 11.0. The van der Waals surface area contributed by atoms with E-state index < -0.39 is 154 Å². The van der Waals surface area contributed by atoms with E-state index in [1.165, 1.54) is 21.0 Å². The van der Waals surface area contributed by atoms with Gasteiger partial charge in [-0.25, -0.2) is 0 Å². The van der Waals surface area contributed by atoms with Crippen LogP contribution in [0.15, 0.2) is 0 Å². The second kappa shape index (κ2) is 24.2. The molecule has 0 aromatic rings. The lowest BCUT2D eigenvalue weighted by Crippen LogP contribution is -2.61. The highest BCUT2D eigenvalue weighted by atomic mass is 16.7. The maximum absolute atomic E-state index is 10.8. The third-order valence-corrected chi connectivity index (χ3v) is 11.0. The van der Waals surface area contributed by atoms with Gasteiger partial charge >= 0.3 is 0 Å². The number of ether oxygens (including phenoxy) is 10. The SMILES string of the molecule is COC1C(COCC(C)O)OC(COCC2C(O)OC(COCC3C(O)OC(COCC4C(COCC(C)O)OC(CO)C(O)C4O)C(O)C3O)C(O)C2O)C(O)C1O. The molecule has 0 spiro atoms. The van der Waals surface area contributed by atoms with Gasteiger partial charge in [-0.05, 0) is 13.8 Å². The smallest absolute Gasteiger partial charge is 0.162 e. The molecule has 0 amide bonds. The van der Waals surface area contributed by atoms with E-state index in [2.05, 4.69) is 0 Å². The van der Waals surface area contributed by atoms with Crippen LogP contribution in [0.5, 0.6) is 0 Å². The summed E-state index contributed by atoms with van der Waals surface area (Å²) in [5.41, 5.74) is 0. The van der Waals surface area contributed by atoms with Crippen molar-refractivity contribution in [2.45, 2.75) is 130 Å². The van der Waals surface area contributed by atoms with Crippen LogP contribution in [-0.2, 0) is 47.4 Å². The van der Waals surface area contributed by atoms with Crippen molar-refractivity contribution >= 4 is 0 Å². The largest absolute Gasteiger partial charge is 0.394 e. The van der Waals surface area contributed by atoms with Crippen molar-refractivity contribution in [3.63, 3.8) is 0 Å². The number of methoxy groups -OCH3 is 1. The van der Waals surface area contributed by atoms with Crippen LogP contribution < -0.4 is 0 Å². The topological polar surface area (TPSA) is 355 Å². The van der Waals surface area contributed by atoms with E-state index in [0.717, 1.165) is 0 Å². The fourth-order valence-electron chi connectivity index (χ4n) is 7.51. The Morgan fingerprint density at radius 3 is 1.20 bits per heavy atom. The standard InChI is InChI=1S/C36H66O23/c1-15(38)5-51-10-21-17(26(40)29(43)20(4-37)56-21)7-53-12-23-30(44)28(42)19(36(49)58-23)9-55-13-24-31(45)27(41)18(35(48)59-24)8-54-11-22-32(46)33(47)34(50-3)25(57-22)14-52-6-16(2)39/h15-49H,4-14H2,1-3H3. The van der Waals surface area contributed by atoms with Crippen LogP contribution in [0.3, 0.4) is 0 Å². The molecule has 13 N–H and O–H groups in total. The summed E-state index contributed by atoms with van der Waals surface area (Å²) in [5.74, 6) is -3.24. The summed E-state index contributed by atoms with van der Waals surface area (Å²) in [7, 11) is 1.33. The van der Waals surface area contributed by atoms with Gasteiger partial charge < -0.3 is 114 Å². The molecule has 23 heteroatoms. The fraction of sp³-hybridized carbons (Fsp3) is 1.00. The Morgan fingerprint density at radius 1 is 0.407 bits per heavy atom. The van der Waals surface area contributed by atoms with Crippen LogP contribution in [0.25, 0.3) is 0 Å². The van der Waals surface area contributed by atoms with Crippen molar-refractivity contribution < 1.29 is 114 Å². The molecule has 4 saturated heterocycles. The Morgan fingerprint density at radius 2 is 0.763 bits per heavy atom. The number of hydrogen-bond acceptors (Lipinski definition) is 23. The van der Waals surface area contributed by atoms with Gasteiger partial charge in [-0.3, -0.25) is 0 Å². The fourth-order valence-corrected chi connectivity index (χ4v) is 7.51. The molecule has 4 heterocycles. The van der Waals surface area contributed by atoms with Gasteiger partial charge in [-0.1, -0.05) is 0 Å². The highest BCUT2D eigenvalue weighted by Gasteiger charge is 2.49. The first-order valence-corrected chi connectivity index (χ1v) is 19.8. The molecule has 22 atom stereocenters. The molecule has 0 bridgehead atoms. The van der Waals surface area contributed by atoms with Gasteiger partial charge in [0.1, 0.15) is 67.1 Å². The van der Waals surface area contributed by atoms with Gasteiger partial charge in [0.25, 0.3) is 0 Å². The second-order valence-electron chi connectivity index (χ2n) is 15.7. The Kier molecular flexibility index (Phi) is 20.8. The first kappa shape index (κ1) is 50.7. The minimum Gasteiger partial charge on any atom is -0.394 e. The zero-order valence-corrected chi connectivity index (χ0v) is 33.4. The van der Waals surface area contributed by atoms with Crippen LogP contribution >= 0.6 is 0 Å². The average molecular weight is 867 g/mol. The van der Waals surface area contributed by atoms with Crippen molar-refractivity contribution in [2.75, 3.05) is 79.8 Å². The lowest BCUT2D eigenvalue weighted by molar-refractivity contribution is -0.294. The van der Waals surface area contributed by atoms with Gasteiger partial charge in [0.2, 0.25) is 0 Å². The minimum absolute atomic E-state index is 0.0000450. The monoisotopic (exact) mass is 866 g/mol. The molecule has 59 heavy (non-hydrogen) atoms. The summed E-state index contributed by atoms with van der Waals surface area (Å²) in [4.78, 5) is 0. The molecule has 348 valence electrons. The molecule has 0 saturated carbocycles. The van der Waals surface area contributed by atoms with Crippen molar-refractivity contribution in [1.82, 2.24) is 0 Å². The molecular formula is C36H66O23. The van der Waals surface area contributed by atoms with Crippen molar-refractivity contribution in [3.05, 3.63) is 0 Å². The van der Waals surface area contributed by atoms with Gasteiger partial charge in [0.05, 0.1) is 121 Å². The van der Waals surface area contributed by atoms with Gasteiger partial charge in [0.15, 0.2) is 12.6 Å². The van der Waals surface area contributed by atoms with Gasteiger partial charge in [0, 0.05) is 13.0 Å². The molecule has 0 aromatic carbocycles. The van der Waals surface area contributed by atoms with Gasteiger partial charge in [-0.2, -0.15) is 0 Å². The van der Waals surface area contributed by atoms with E-state index in [1.54, 1.807) is 0 Å². The van der Waals surface area contributed by atoms with Crippen LogP contribution in [0.1, 0.15) is 13.8 Å². The molecule has 4 rings (SSSR count). The lowest BCUT2D eigenvalue weighted by atomic mass is 9.87. The van der Waals surface area contributed by atoms with Gasteiger partial charge in [-0.15, -0.1) is 0 Å². The van der Waals surface area contributed by atoms with E-state index in [1.807, 2.05) is 0 Å². The van der Waals surface area contributed by atoms with Crippen molar-refractivity contribution in [3.8, 4) is 0 Å². The Balaban J connectivity index is 1.20. The predicted octanol–water partition coefficient (Wildman–Crippen LogP) is -7.46. The van der Waals surface area contributed by atoms with Crippen LogP contribution in [0.4, 0.5) is 0 Å². The predicted molar refractivity (Wildman–Crippen MR) is 193 cm³/mol. The molecular weight excluding hydrogens is 800 g/mol. The second-order valence-corrected chi connectivity index (χ2v) is 15.7. The maximum Gasteiger partial charge on any atom is 0.162 e. The first-order chi connectivity index (χ1) is 28.0. The summed E-state index contributed by atoms with van der Waals surface area (Å²) in [6.45, 7) is 0.111. The zero-order valence-electron chi connectivity index (χ0n) is 33.4. The highest BCUT2D eigenvalue weighted by molar-refractivity contribution is 4.95. The summed E-state index contributed by atoms with van der Waals surface area (Å²) in [5, 5.41) is 135. The van der Waals surface area contributed by atoms with E-state index in [-0.39, 0.29) is 52.9 Å². The van der Waals surface area contributed by atoms with Crippen molar-refractivity contribution in [2.24, 2.45) is 17.8 Å². The number of hydrogen-bond donors (Lipinski definition) is 13. The maximum atomic E-state index is 10.8. The molecule has 0 aromatic heterocycles. The van der Waals surface area contributed by atoms with Crippen LogP contribution in [-0.4, -0.2) is 263 Å². The normalized spacial score (nSPS) is 44.3. The van der Waals surface area contributed by atoms with Crippen LogP contribution in [0.2, 0.25) is 0 Å². The summed E-state index contributed by atoms with van der Waals surface area (Å²) < 4.78 is 55.4. The third kappa shape index (κ3) is 13.5. The highest BCUT2D eigenvalue weighted by Crippen LogP contribution is 2.31. The van der Waals surface area contributed by atoms with E-state index >= 15 is 0 Å². The minimum atomic E-state index is -1.67. The van der Waals surface area contributed by atoms with E-state index in [4.69, 9.17) is 47.4 Å². The first-order valence-electron chi connectivity index (χ1n) is 19.8. The Hall–Kier alpha value is -0.920. The molecule has 4 fully saturated rings. The number of aliphatic hydroxyl groups is 13. The Bertz CT molecular complexity index is 1170. The lowest BCUT2D eigenvalue weighted by Gasteiger charge is -2.43. The number of aliphatic hydroxyl groups excluding tert-OH is 13. The Labute approximate surface area is 341 Å².